The smallest absolute Gasteiger partial charge is 0.223 e. The molecule has 0 aliphatic carbocycles. The monoisotopic (exact) mass is 213 g/mol. The van der Waals surface area contributed by atoms with Crippen LogP contribution in [0.1, 0.15) is 6.92 Å². The Morgan fingerprint density at radius 1 is 1.57 bits per heavy atom. The van der Waals surface area contributed by atoms with E-state index in [1.807, 2.05) is 0 Å². The van der Waals surface area contributed by atoms with Crippen molar-refractivity contribution in [2.75, 3.05) is 17.4 Å². The Morgan fingerprint density at radius 3 is 2.64 bits per heavy atom. The van der Waals surface area contributed by atoms with E-state index in [4.69, 9.17) is 17.4 Å². The summed E-state index contributed by atoms with van der Waals surface area (Å²) in [5, 5.41) is 0.484. The summed E-state index contributed by atoms with van der Waals surface area (Å²) < 4.78 is 0. The van der Waals surface area contributed by atoms with E-state index >= 15 is 0 Å². The van der Waals surface area contributed by atoms with E-state index in [9.17, 15) is 4.79 Å². The predicted molar refractivity (Wildman–Crippen MR) is 58.3 cm³/mol. The zero-order valence-electron chi connectivity index (χ0n) is 8.04. The summed E-state index contributed by atoms with van der Waals surface area (Å²) in [6, 6.07) is 5.16. The Labute approximate surface area is 87.6 Å². The Morgan fingerprint density at radius 2 is 2.21 bits per heavy atom. The number of rotatable bonds is 2. The van der Waals surface area contributed by atoms with Gasteiger partial charge < -0.3 is 10.3 Å². The van der Waals surface area contributed by atoms with Crippen LogP contribution in [0.5, 0.6) is 0 Å². The molecular weight excluding hydrogens is 202 g/mol. The lowest BCUT2D eigenvalue weighted by Crippen LogP contribution is -2.22. The van der Waals surface area contributed by atoms with Gasteiger partial charge in [-0.3, -0.25) is 10.6 Å². The van der Waals surface area contributed by atoms with Crippen LogP contribution in [0.2, 0.25) is 5.02 Å². The standard InChI is InChI=1S/C9H12ClN3O/c1-6(14)13(2)7-3-4-9(12-11)8(10)5-7/h3-5,12H,11H2,1-2H3. The number of benzene rings is 1. The van der Waals surface area contributed by atoms with Gasteiger partial charge in [-0.25, -0.2) is 0 Å². The van der Waals surface area contributed by atoms with E-state index in [0.29, 0.717) is 10.7 Å². The average molecular weight is 214 g/mol. The number of nitrogen functional groups attached to an aromatic ring is 1. The molecule has 0 heterocycles. The second kappa shape index (κ2) is 4.30. The Balaban J connectivity index is 3.02. The lowest BCUT2D eigenvalue weighted by atomic mass is 10.2. The number of nitrogens with one attached hydrogen (secondary N) is 1. The van der Waals surface area contributed by atoms with Crippen LogP contribution >= 0.6 is 11.6 Å². The van der Waals surface area contributed by atoms with Crippen LogP contribution in [0.15, 0.2) is 18.2 Å². The highest BCUT2D eigenvalue weighted by atomic mass is 35.5. The number of anilines is 2. The van der Waals surface area contributed by atoms with E-state index < -0.39 is 0 Å². The largest absolute Gasteiger partial charge is 0.323 e. The average Bonchev–Trinajstić information content (AvgIpc) is 2.16. The fourth-order valence-corrected chi connectivity index (χ4v) is 1.24. The third-order valence-electron chi connectivity index (χ3n) is 1.97. The number of amides is 1. The Hall–Kier alpha value is -1.26. The molecule has 76 valence electrons. The van der Waals surface area contributed by atoms with Gasteiger partial charge in [0.2, 0.25) is 5.91 Å². The van der Waals surface area contributed by atoms with Crippen molar-refractivity contribution in [1.29, 1.82) is 0 Å². The topological polar surface area (TPSA) is 58.4 Å². The van der Waals surface area contributed by atoms with Gasteiger partial charge in [0.15, 0.2) is 0 Å². The van der Waals surface area contributed by atoms with Crippen LogP contribution in [-0.2, 0) is 4.79 Å². The van der Waals surface area contributed by atoms with Crippen molar-refractivity contribution in [3.8, 4) is 0 Å². The van der Waals surface area contributed by atoms with Gasteiger partial charge in [-0.05, 0) is 18.2 Å². The molecule has 14 heavy (non-hydrogen) atoms. The number of nitrogens with two attached hydrogens (primary N) is 1. The zero-order chi connectivity index (χ0) is 10.7. The van der Waals surface area contributed by atoms with Crippen molar-refractivity contribution in [1.82, 2.24) is 0 Å². The maximum atomic E-state index is 11.1. The van der Waals surface area contributed by atoms with Gasteiger partial charge in [0, 0.05) is 19.7 Å². The molecule has 1 aromatic carbocycles. The molecular formula is C9H12ClN3O. The van der Waals surface area contributed by atoms with E-state index in [0.717, 1.165) is 5.69 Å². The summed E-state index contributed by atoms with van der Waals surface area (Å²) in [5.74, 6) is 5.17. The molecule has 0 radical (unpaired) electrons. The van der Waals surface area contributed by atoms with Gasteiger partial charge in [0.25, 0.3) is 0 Å². The molecule has 3 N–H and O–H groups in total. The number of nitrogens with zero attached hydrogens (tertiary/aromatic N) is 1. The van der Waals surface area contributed by atoms with Crippen LogP contribution in [0.3, 0.4) is 0 Å². The van der Waals surface area contributed by atoms with Crippen LogP contribution in [0.4, 0.5) is 11.4 Å². The summed E-state index contributed by atoms with van der Waals surface area (Å²) in [6.45, 7) is 1.49. The molecule has 0 unspecified atom stereocenters. The first-order valence-electron chi connectivity index (χ1n) is 4.06. The Bertz CT molecular complexity index is 354. The normalized spacial score (nSPS) is 9.71. The summed E-state index contributed by atoms with van der Waals surface area (Å²) >= 11 is 5.90. The highest BCUT2D eigenvalue weighted by Crippen LogP contribution is 2.26. The fourth-order valence-electron chi connectivity index (χ4n) is 1.01. The van der Waals surface area contributed by atoms with Gasteiger partial charge in [-0.2, -0.15) is 0 Å². The lowest BCUT2D eigenvalue weighted by molar-refractivity contribution is -0.116. The second-order valence-corrected chi connectivity index (χ2v) is 3.29. The first kappa shape index (κ1) is 10.8. The maximum absolute atomic E-state index is 11.1. The highest BCUT2D eigenvalue weighted by Gasteiger charge is 2.07. The molecule has 0 saturated carbocycles. The van der Waals surface area contributed by atoms with Gasteiger partial charge in [0.1, 0.15) is 0 Å². The van der Waals surface area contributed by atoms with Crippen molar-refractivity contribution in [3.05, 3.63) is 23.2 Å². The van der Waals surface area contributed by atoms with E-state index in [2.05, 4.69) is 5.43 Å². The highest BCUT2D eigenvalue weighted by molar-refractivity contribution is 6.33. The SMILES string of the molecule is CC(=O)N(C)c1ccc(NN)c(Cl)c1. The van der Waals surface area contributed by atoms with Crippen LogP contribution in [-0.4, -0.2) is 13.0 Å². The van der Waals surface area contributed by atoms with Gasteiger partial charge in [0.05, 0.1) is 10.7 Å². The zero-order valence-corrected chi connectivity index (χ0v) is 8.80. The van der Waals surface area contributed by atoms with Gasteiger partial charge in [-0.1, -0.05) is 11.6 Å². The van der Waals surface area contributed by atoms with Crippen molar-refractivity contribution in [3.63, 3.8) is 0 Å². The number of carbonyl (C=O) groups is 1. The lowest BCUT2D eigenvalue weighted by Gasteiger charge is -2.16. The molecule has 4 nitrogen and oxygen atoms in total. The molecule has 1 rings (SSSR count). The molecule has 1 aromatic rings. The number of hydrazine groups is 1. The third kappa shape index (κ3) is 2.16. The van der Waals surface area contributed by atoms with Crippen LogP contribution < -0.4 is 16.2 Å². The van der Waals surface area contributed by atoms with Crippen molar-refractivity contribution in [2.24, 2.45) is 5.84 Å². The fraction of sp³-hybridized carbons (Fsp3) is 0.222. The van der Waals surface area contributed by atoms with E-state index in [1.165, 1.54) is 11.8 Å². The number of hydrogen-bond acceptors (Lipinski definition) is 3. The maximum Gasteiger partial charge on any atom is 0.223 e. The van der Waals surface area contributed by atoms with Gasteiger partial charge in [-0.15, -0.1) is 0 Å². The summed E-state index contributed by atoms with van der Waals surface area (Å²) in [6.07, 6.45) is 0. The minimum atomic E-state index is -0.0467. The van der Waals surface area contributed by atoms with E-state index in [1.54, 1.807) is 25.2 Å². The minimum absolute atomic E-state index is 0.0467. The molecule has 0 aliphatic rings. The first-order valence-corrected chi connectivity index (χ1v) is 4.44. The molecule has 0 aromatic heterocycles. The molecule has 1 amide bonds. The van der Waals surface area contributed by atoms with Crippen molar-refractivity contribution < 1.29 is 4.79 Å². The van der Waals surface area contributed by atoms with Crippen LogP contribution in [0.25, 0.3) is 0 Å². The van der Waals surface area contributed by atoms with Crippen LogP contribution in [0, 0.1) is 0 Å². The first-order chi connectivity index (χ1) is 6.56. The molecule has 0 spiro atoms. The second-order valence-electron chi connectivity index (χ2n) is 2.89. The Kier molecular flexibility index (Phi) is 3.33. The molecule has 0 fully saturated rings. The predicted octanol–water partition coefficient (Wildman–Crippen LogP) is 1.61. The third-order valence-corrected chi connectivity index (χ3v) is 2.28. The summed E-state index contributed by atoms with van der Waals surface area (Å²) in [7, 11) is 1.68. The molecule has 0 aliphatic heterocycles. The van der Waals surface area contributed by atoms with Crippen molar-refractivity contribution >= 4 is 28.9 Å². The van der Waals surface area contributed by atoms with Gasteiger partial charge >= 0.3 is 0 Å². The number of halogens is 1. The number of carbonyl (C=O) groups excluding carboxylic acids is 1. The summed E-state index contributed by atoms with van der Waals surface area (Å²) in [5.41, 5.74) is 3.82. The molecule has 0 atom stereocenters. The van der Waals surface area contributed by atoms with E-state index in [-0.39, 0.29) is 5.91 Å². The molecule has 0 saturated heterocycles. The molecule has 0 bridgehead atoms. The quantitative estimate of drug-likeness (QED) is 0.580. The van der Waals surface area contributed by atoms with Crippen molar-refractivity contribution in [2.45, 2.75) is 6.92 Å². The summed E-state index contributed by atoms with van der Waals surface area (Å²) in [4.78, 5) is 12.6. The molecule has 5 heteroatoms. The number of hydrogen-bond donors (Lipinski definition) is 2. The minimum Gasteiger partial charge on any atom is -0.323 e.